The molecule has 0 radical (unpaired) electrons. The van der Waals surface area contributed by atoms with Gasteiger partial charge in [0.25, 0.3) is 0 Å². The molecule has 3 atom stereocenters. The minimum absolute atomic E-state index is 0.190. The van der Waals surface area contributed by atoms with Gasteiger partial charge >= 0.3 is 0 Å². The largest absolute Gasteiger partial charge is 0.378 e. The van der Waals surface area contributed by atoms with Crippen LogP contribution in [-0.4, -0.2) is 29.1 Å². The van der Waals surface area contributed by atoms with Crippen molar-refractivity contribution in [2.24, 2.45) is 5.92 Å². The number of allylic oxidation sites excluding steroid dienone is 2. The lowest BCUT2D eigenvalue weighted by Gasteiger charge is -2.38. The molecular formula is C28H31N3O2S. The van der Waals surface area contributed by atoms with Crippen LogP contribution in [0.4, 0.5) is 11.4 Å². The van der Waals surface area contributed by atoms with Crippen LogP contribution in [0.2, 0.25) is 0 Å². The van der Waals surface area contributed by atoms with Crippen molar-refractivity contribution in [1.82, 2.24) is 4.72 Å². The normalized spacial score (nSPS) is 20.9. The van der Waals surface area contributed by atoms with Gasteiger partial charge in [-0.2, -0.15) is 0 Å². The Hall–Kier alpha value is -3.09. The lowest BCUT2D eigenvalue weighted by Crippen LogP contribution is -2.30. The summed E-state index contributed by atoms with van der Waals surface area (Å²) in [6.07, 6.45) is 6.11. The fourth-order valence-corrected chi connectivity index (χ4v) is 6.17. The maximum atomic E-state index is 13.0. The van der Waals surface area contributed by atoms with Crippen molar-refractivity contribution in [3.05, 3.63) is 102 Å². The van der Waals surface area contributed by atoms with E-state index in [2.05, 4.69) is 51.4 Å². The molecule has 0 saturated carbocycles. The van der Waals surface area contributed by atoms with Crippen LogP contribution in [0, 0.1) is 5.92 Å². The van der Waals surface area contributed by atoms with E-state index < -0.39 is 10.0 Å². The Morgan fingerprint density at radius 2 is 1.76 bits per heavy atom. The van der Waals surface area contributed by atoms with Gasteiger partial charge in [-0.15, -0.1) is 0 Å². The molecule has 1 aliphatic carbocycles. The molecule has 6 heteroatoms. The molecule has 3 aromatic carbocycles. The zero-order valence-electron chi connectivity index (χ0n) is 19.6. The Balaban J connectivity index is 1.36. The maximum Gasteiger partial charge on any atom is 0.240 e. The number of sulfonamides is 1. The highest BCUT2D eigenvalue weighted by molar-refractivity contribution is 7.89. The number of anilines is 2. The number of nitrogens with one attached hydrogen (secondary N) is 2. The summed E-state index contributed by atoms with van der Waals surface area (Å²) in [7, 11) is 0.512. The molecule has 0 fully saturated rings. The molecule has 5 rings (SSSR count). The molecule has 3 unspecified atom stereocenters. The van der Waals surface area contributed by atoms with Crippen molar-refractivity contribution >= 4 is 21.4 Å². The zero-order chi connectivity index (χ0) is 23.7. The third kappa shape index (κ3) is 4.48. The molecule has 0 spiro atoms. The fourth-order valence-electron chi connectivity index (χ4n) is 5.11. The molecule has 0 bridgehead atoms. The Morgan fingerprint density at radius 1 is 1.00 bits per heavy atom. The molecule has 5 nitrogen and oxygen atoms in total. The van der Waals surface area contributed by atoms with Gasteiger partial charge in [-0.1, -0.05) is 54.6 Å². The molecule has 1 heterocycles. The summed E-state index contributed by atoms with van der Waals surface area (Å²) in [6.45, 7) is 0.374. The first kappa shape index (κ1) is 22.7. The molecule has 2 N–H and O–H groups in total. The summed E-state index contributed by atoms with van der Waals surface area (Å²) >= 11 is 0. The van der Waals surface area contributed by atoms with Gasteiger partial charge in [0.1, 0.15) is 0 Å². The number of hydrogen-bond donors (Lipinski definition) is 2. The Morgan fingerprint density at radius 3 is 2.50 bits per heavy atom. The highest BCUT2D eigenvalue weighted by Crippen LogP contribution is 2.50. The predicted octanol–water partition coefficient (Wildman–Crippen LogP) is 5.10. The standard InChI is InChI=1S/C28H31N3O2S/c1-31(2)22-13-11-21(12-14-22)28-25-10-6-9-24(25)26-19-23(15-16-27(26)30-28)34(32,33)29-18-17-20-7-4-3-5-8-20/h3-9,11-16,19,24-25,28-30H,10,17-18H2,1-2H3. The molecule has 176 valence electrons. The van der Waals surface area contributed by atoms with Crippen LogP contribution in [-0.2, 0) is 16.4 Å². The average molecular weight is 474 g/mol. The number of fused-ring (bicyclic) bond motifs is 3. The summed E-state index contributed by atoms with van der Waals surface area (Å²) in [5, 5.41) is 3.71. The first-order valence-corrected chi connectivity index (χ1v) is 13.3. The smallest absolute Gasteiger partial charge is 0.240 e. The molecule has 2 aliphatic rings. The molecule has 1 aliphatic heterocycles. The first-order valence-electron chi connectivity index (χ1n) is 11.8. The SMILES string of the molecule is CN(C)c1ccc(C2Nc3ccc(S(=O)(=O)NCCc4ccccc4)cc3C3C=CCC32)cc1. The van der Waals surface area contributed by atoms with Crippen LogP contribution >= 0.6 is 0 Å². The number of hydrogen-bond acceptors (Lipinski definition) is 4. The van der Waals surface area contributed by atoms with Gasteiger partial charge in [-0.3, -0.25) is 0 Å². The van der Waals surface area contributed by atoms with Crippen molar-refractivity contribution in [2.75, 3.05) is 30.9 Å². The second-order valence-electron chi connectivity index (χ2n) is 9.34. The third-order valence-corrected chi connectivity index (χ3v) is 8.42. The molecule has 3 aromatic rings. The quantitative estimate of drug-likeness (QED) is 0.469. The second kappa shape index (κ2) is 9.28. The summed E-state index contributed by atoms with van der Waals surface area (Å²) in [4.78, 5) is 2.43. The van der Waals surface area contributed by atoms with Crippen molar-refractivity contribution in [3.63, 3.8) is 0 Å². The number of nitrogens with zero attached hydrogens (tertiary/aromatic N) is 1. The van der Waals surface area contributed by atoms with Crippen molar-refractivity contribution in [2.45, 2.75) is 29.7 Å². The zero-order valence-corrected chi connectivity index (χ0v) is 20.4. The monoisotopic (exact) mass is 473 g/mol. The molecule has 34 heavy (non-hydrogen) atoms. The lowest BCUT2D eigenvalue weighted by molar-refractivity contribution is 0.425. The Kier molecular flexibility index (Phi) is 6.19. The highest BCUT2D eigenvalue weighted by Gasteiger charge is 2.38. The lowest BCUT2D eigenvalue weighted by atomic mass is 9.77. The van der Waals surface area contributed by atoms with Gasteiger partial charge in [0.2, 0.25) is 10.0 Å². The van der Waals surface area contributed by atoms with Crippen LogP contribution in [0.15, 0.2) is 89.8 Å². The summed E-state index contributed by atoms with van der Waals surface area (Å²) in [5.74, 6) is 0.566. The van der Waals surface area contributed by atoms with Gasteiger partial charge in [0, 0.05) is 37.9 Å². The molecular weight excluding hydrogens is 442 g/mol. The van der Waals surface area contributed by atoms with Crippen LogP contribution < -0.4 is 14.9 Å². The van der Waals surface area contributed by atoms with Gasteiger partial charge in [-0.05, 0) is 65.8 Å². The molecule has 0 amide bonds. The predicted molar refractivity (Wildman–Crippen MR) is 139 cm³/mol. The van der Waals surface area contributed by atoms with Crippen LogP contribution in [0.5, 0.6) is 0 Å². The van der Waals surface area contributed by atoms with Crippen LogP contribution in [0.3, 0.4) is 0 Å². The fraction of sp³-hybridized carbons (Fsp3) is 0.286. The molecule has 0 saturated heterocycles. The van der Waals surface area contributed by atoms with E-state index >= 15 is 0 Å². The van der Waals surface area contributed by atoms with E-state index in [0.29, 0.717) is 23.8 Å². The third-order valence-electron chi connectivity index (χ3n) is 6.96. The van der Waals surface area contributed by atoms with E-state index in [1.807, 2.05) is 56.6 Å². The Labute approximate surface area is 202 Å². The topological polar surface area (TPSA) is 61.4 Å². The van der Waals surface area contributed by atoms with E-state index in [-0.39, 0.29) is 12.0 Å². The van der Waals surface area contributed by atoms with Crippen molar-refractivity contribution in [1.29, 1.82) is 0 Å². The van der Waals surface area contributed by atoms with E-state index in [9.17, 15) is 8.42 Å². The second-order valence-corrected chi connectivity index (χ2v) is 11.1. The van der Waals surface area contributed by atoms with Crippen LogP contribution in [0.1, 0.15) is 35.1 Å². The van der Waals surface area contributed by atoms with Gasteiger partial charge in [0.15, 0.2) is 0 Å². The first-order chi connectivity index (χ1) is 16.4. The van der Waals surface area contributed by atoms with E-state index in [4.69, 9.17) is 0 Å². The summed E-state index contributed by atoms with van der Waals surface area (Å²) in [5.41, 5.74) is 5.62. The van der Waals surface area contributed by atoms with E-state index in [0.717, 1.165) is 23.2 Å². The Bertz CT molecular complexity index is 1280. The minimum Gasteiger partial charge on any atom is -0.378 e. The minimum atomic E-state index is -3.58. The average Bonchev–Trinajstić information content (AvgIpc) is 3.34. The summed E-state index contributed by atoms with van der Waals surface area (Å²) < 4.78 is 28.8. The van der Waals surface area contributed by atoms with Crippen LogP contribution in [0.25, 0.3) is 0 Å². The van der Waals surface area contributed by atoms with Gasteiger partial charge in [0.05, 0.1) is 10.9 Å². The number of benzene rings is 3. The number of rotatable bonds is 7. The van der Waals surface area contributed by atoms with Gasteiger partial charge in [-0.25, -0.2) is 13.1 Å². The van der Waals surface area contributed by atoms with Gasteiger partial charge < -0.3 is 10.2 Å². The van der Waals surface area contributed by atoms with E-state index in [1.165, 1.54) is 11.3 Å². The summed E-state index contributed by atoms with van der Waals surface area (Å²) in [6, 6.07) is 24.3. The van der Waals surface area contributed by atoms with Crippen molar-refractivity contribution in [3.8, 4) is 0 Å². The van der Waals surface area contributed by atoms with E-state index in [1.54, 1.807) is 6.07 Å². The van der Waals surface area contributed by atoms with Crippen molar-refractivity contribution < 1.29 is 8.42 Å². The maximum absolute atomic E-state index is 13.0. The molecule has 0 aromatic heterocycles. The highest BCUT2D eigenvalue weighted by atomic mass is 32.2.